The van der Waals surface area contributed by atoms with Gasteiger partial charge in [-0.1, -0.05) is 19.9 Å². The van der Waals surface area contributed by atoms with E-state index in [0.717, 1.165) is 36.3 Å². The Morgan fingerprint density at radius 2 is 2.05 bits per heavy atom. The fourth-order valence-corrected chi connectivity index (χ4v) is 2.33. The molecule has 2 amide bonds. The summed E-state index contributed by atoms with van der Waals surface area (Å²) in [5.74, 6) is 0.104. The van der Waals surface area contributed by atoms with Crippen LogP contribution in [0.2, 0.25) is 0 Å². The molecule has 0 atom stereocenters. The van der Waals surface area contributed by atoms with Crippen molar-refractivity contribution in [2.24, 2.45) is 5.92 Å². The first-order chi connectivity index (χ1) is 9.49. The van der Waals surface area contributed by atoms with Gasteiger partial charge in [0, 0.05) is 30.3 Å². The van der Waals surface area contributed by atoms with Crippen LogP contribution in [0.5, 0.6) is 0 Å². The van der Waals surface area contributed by atoms with E-state index in [9.17, 15) is 9.59 Å². The molecule has 1 saturated heterocycles. The van der Waals surface area contributed by atoms with E-state index in [0.29, 0.717) is 6.42 Å². The van der Waals surface area contributed by atoms with E-state index < -0.39 is 0 Å². The van der Waals surface area contributed by atoms with Gasteiger partial charge in [0.15, 0.2) is 0 Å². The minimum atomic E-state index is -0.0589. The van der Waals surface area contributed by atoms with Crippen LogP contribution in [0.25, 0.3) is 0 Å². The highest BCUT2D eigenvalue weighted by atomic mass is 16.2. The van der Waals surface area contributed by atoms with E-state index in [1.165, 1.54) is 0 Å². The monoisotopic (exact) mass is 274 g/mol. The number of piperidine rings is 1. The van der Waals surface area contributed by atoms with E-state index in [1.54, 1.807) is 0 Å². The van der Waals surface area contributed by atoms with Crippen LogP contribution in [-0.4, -0.2) is 18.4 Å². The van der Waals surface area contributed by atoms with Crippen molar-refractivity contribution < 1.29 is 9.59 Å². The zero-order valence-electron chi connectivity index (χ0n) is 12.4. The summed E-state index contributed by atoms with van der Waals surface area (Å²) in [6, 6.07) is 5.74. The Labute approximate surface area is 120 Å². The summed E-state index contributed by atoms with van der Waals surface area (Å²) in [7, 11) is 0. The molecule has 0 unspecified atom stereocenters. The van der Waals surface area contributed by atoms with Crippen molar-refractivity contribution in [3.63, 3.8) is 0 Å². The lowest BCUT2D eigenvalue weighted by molar-refractivity contribution is -0.120. The molecule has 20 heavy (non-hydrogen) atoms. The molecule has 0 bridgehead atoms. The van der Waals surface area contributed by atoms with Crippen LogP contribution in [0.3, 0.4) is 0 Å². The SMILES string of the molecule is Cc1ccc(NC(=O)C(C)C)cc1N1CCCCC1=O. The molecule has 1 aromatic carbocycles. The highest BCUT2D eigenvalue weighted by Crippen LogP contribution is 2.27. The predicted octanol–water partition coefficient (Wildman–Crippen LogP) is 3.11. The minimum Gasteiger partial charge on any atom is -0.326 e. The highest BCUT2D eigenvalue weighted by Gasteiger charge is 2.21. The van der Waals surface area contributed by atoms with Crippen LogP contribution >= 0.6 is 0 Å². The van der Waals surface area contributed by atoms with Gasteiger partial charge in [-0.05, 0) is 37.5 Å². The van der Waals surface area contributed by atoms with Crippen molar-refractivity contribution in [1.82, 2.24) is 0 Å². The quantitative estimate of drug-likeness (QED) is 0.920. The molecule has 1 aliphatic heterocycles. The molecule has 0 saturated carbocycles. The number of rotatable bonds is 3. The zero-order valence-corrected chi connectivity index (χ0v) is 12.4. The number of aryl methyl sites for hydroxylation is 1. The highest BCUT2D eigenvalue weighted by molar-refractivity contribution is 5.97. The molecule has 1 heterocycles. The molecule has 1 N–H and O–H groups in total. The normalized spacial score (nSPS) is 15.6. The fourth-order valence-electron chi connectivity index (χ4n) is 2.33. The molecule has 0 aromatic heterocycles. The van der Waals surface area contributed by atoms with Gasteiger partial charge in [-0.25, -0.2) is 0 Å². The van der Waals surface area contributed by atoms with E-state index >= 15 is 0 Å². The summed E-state index contributed by atoms with van der Waals surface area (Å²) in [5.41, 5.74) is 2.72. The number of hydrogen-bond donors (Lipinski definition) is 1. The van der Waals surface area contributed by atoms with Crippen LogP contribution in [0.4, 0.5) is 11.4 Å². The summed E-state index contributed by atoms with van der Waals surface area (Å²) in [5, 5.41) is 2.89. The fraction of sp³-hybridized carbons (Fsp3) is 0.500. The molecular weight excluding hydrogens is 252 g/mol. The molecule has 108 valence electrons. The molecular formula is C16H22N2O2. The standard InChI is InChI=1S/C16H22N2O2/c1-11(2)16(20)17-13-8-7-12(3)14(10-13)18-9-5-4-6-15(18)19/h7-8,10-11H,4-6,9H2,1-3H3,(H,17,20). The number of anilines is 2. The van der Waals surface area contributed by atoms with Gasteiger partial charge >= 0.3 is 0 Å². The summed E-state index contributed by atoms with van der Waals surface area (Å²) in [4.78, 5) is 25.6. The summed E-state index contributed by atoms with van der Waals surface area (Å²) >= 11 is 0. The average Bonchev–Trinajstić information content (AvgIpc) is 2.41. The van der Waals surface area contributed by atoms with Crippen molar-refractivity contribution in [2.75, 3.05) is 16.8 Å². The zero-order chi connectivity index (χ0) is 14.7. The first kappa shape index (κ1) is 14.6. The third-order valence-corrected chi connectivity index (χ3v) is 3.62. The third-order valence-electron chi connectivity index (χ3n) is 3.62. The lowest BCUT2D eigenvalue weighted by atomic mass is 10.1. The molecule has 0 spiro atoms. The van der Waals surface area contributed by atoms with Gasteiger partial charge in [0.1, 0.15) is 0 Å². The topological polar surface area (TPSA) is 49.4 Å². The number of carbonyl (C=O) groups excluding carboxylic acids is 2. The van der Waals surface area contributed by atoms with Gasteiger partial charge in [-0.2, -0.15) is 0 Å². The van der Waals surface area contributed by atoms with E-state index in [1.807, 2.05) is 43.9 Å². The number of nitrogens with zero attached hydrogens (tertiary/aromatic N) is 1. The number of nitrogens with one attached hydrogen (secondary N) is 1. The lowest BCUT2D eigenvalue weighted by Gasteiger charge is -2.28. The van der Waals surface area contributed by atoms with Crippen molar-refractivity contribution in [3.8, 4) is 0 Å². The Balaban J connectivity index is 2.24. The maximum absolute atomic E-state index is 12.0. The first-order valence-electron chi connectivity index (χ1n) is 7.21. The van der Waals surface area contributed by atoms with Crippen molar-refractivity contribution >= 4 is 23.2 Å². The third kappa shape index (κ3) is 3.18. The van der Waals surface area contributed by atoms with Gasteiger partial charge in [0.2, 0.25) is 11.8 Å². The Kier molecular flexibility index (Phi) is 4.42. The van der Waals surface area contributed by atoms with Crippen LogP contribution in [0.1, 0.15) is 38.7 Å². The molecule has 1 aliphatic rings. The second kappa shape index (κ2) is 6.07. The van der Waals surface area contributed by atoms with E-state index in [2.05, 4.69) is 5.32 Å². The number of amides is 2. The summed E-state index contributed by atoms with van der Waals surface area (Å²) < 4.78 is 0. The molecule has 4 heteroatoms. The number of carbonyl (C=O) groups is 2. The largest absolute Gasteiger partial charge is 0.326 e. The van der Waals surface area contributed by atoms with Crippen LogP contribution in [-0.2, 0) is 9.59 Å². The first-order valence-corrected chi connectivity index (χ1v) is 7.21. The van der Waals surface area contributed by atoms with Gasteiger partial charge < -0.3 is 10.2 Å². The Morgan fingerprint density at radius 1 is 1.30 bits per heavy atom. The van der Waals surface area contributed by atoms with Crippen LogP contribution in [0.15, 0.2) is 18.2 Å². The summed E-state index contributed by atoms with van der Waals surface area (Å²) in [6.07, 6.45) is 2.62. The molecule has 0 aliphatic carbocycles. The molecule has 1 aromatic rings. The molecule has 4 nitrogen and oxygen atoms in total. The number of hydrogen-bond acceptors (Lipinski definition) is 2. The van der Waals surface area contributed by atoms with Gasteiger partial charge in [0.25, 0.3) is 0 Å². The van der Waals surface area contributed by atoms with Gasteiger partial charge in [0.05, 0.1) is 0 Å². The van der Waals surface area contributed by atoms with Gasteiger partial charge in [-0.15, -0.1) is 0 Å². The smallest absolute Gasteiger partial charge is 0.226 e. The minimum absolute atomic E-state index is 0.00947. The van der Waals surface area contributed by atoms with E-state index in [-0.39, 0.29) is 17.7 Å². The van der Waals surface area contributed by atoms with Crippen molar-refractivity contribution in [1.29, 1.82) is 0 Å². The molecule has 0 radical (unpaired) electrons. The number of benzene rings is 1. The van der Waals surface area contributed by atoms with Crippen LogP contribution in [0, 0.1) is 12.8 Å². The van der Waals surface area contributed by atoms with Gasteiger partial charge in [-0.3, -0.25) is 9.59 Å². The van der Waals surface area contributed by atoms with Crippen molar-refractivity contribution in [2.45, 2.75) is 40.0 Å². The molecule has 1 fully saturated rings. The second-order valence-corrected chi connectivity index (χ2v) is 5.65. The van der Waals surface area contributed by atoms with Crippen molar-refractivity contribution in [3.05, 3.63) is 23.8 Å². The maximum Gasteiger partial charge on any atom is 0.226 e. The molecule has 2 rings (SSSR count). The average molecular weight is 274 g/mol. The van der Waals surface area contributed by atoms with E-state index in [4.69, 9.17) is 0 Å². The lowest BCUT2D eigenvalue weighted by Crippen LogP contribution is -2.35. The maximum atomic E-state index is 12.0. The van der Waals surface area contributed by atoms with Crippen LogP contribution < -0.4 is 10.2 Å². The summed E-state index contributed by atoms with van der Waals surface area (Å²) in [6.45, 7) is 6.48. The Hall–Kier alpha value is -1.84. The Bertz CT molecular complexity index is 523. The Morgan fingerprint density at radius 3 is 2.70 bits per heavy atom. The second-order valence-electron chi connectivity index (χ2n) is 5.65. The predicted molar refractivity (Wildman–Crippen MR) is 80.9 cm³/mol.